The molecular weight excluding hydrogens is 214 g/mol. The lowest BCUT2D eigenvalue weighted by Crippen LogP contribution is -2.21. The maximum Gasteiger partial charge on any atom is 0.122 e. The summed E-state index contributed by atoms with van der Waals surface area (Å²) in [5.41, 5.74) is 1.19. The van der Waals surface area contributed by atoms with Crippen molar-refractivity contribution in [2.75, 3.05) is 27.3 Å². The van der Waals surface area contributed by atoms with Crippen LogP contribution in [0.5, 0.6) is 11.5 Å². The van der Waals surface area contributed by atoms with Crippen molar-refractivity contribution in [3.05, 3.63) is 23.8 Å². The number of ether oxygens (including phenoxy) is 2. The molecule has 1 aromatic carbocycles. The van der Waals surface area contributed by atoms with Gasteiger partial charge in [-0.25, -0.2) is 0 Å². The topological polar surface area (TPSA) is 30.5 Å². The summed E-state index contributed by atoms with van der Waals surface area (Å²) in [7, 11) is 3.39. The van der Waals surface area contributed by atoms with Crippen LogP contribution in [0.15, 0.2) is 18.2 Å². The summed E-state index contributed by atoms with van der Waals surface area (Å²) in [5, 5.41) is 3.43. The van der Waals surface area contributed by atoms with Gasteiger partial charge in [0.1, 0.15) is 11.5 Å². The normalized spacial score (nSPS) is 12.2. The molecule has 0 saturated heterocycles. The molecule has 0 saturated carbocycles. The fourth-order valence-corrected chi connectivity index (χ4v) is 1.83. The molecule has 0 heterocycles. The molecule has 0 spiro atoms. The van der Waals surface area contributed by atoms with E-state index in [1.165, 1.54) is 5.56 Å². The lowest BCUT2D eigenvalue weighted by atomic mass is 9.99. The molecule has 0 aliphatic carbocycles. The zero-order valence-electron chi connectivity index (χ0n) is 11.2. The first kappa shape index (κ1) is 13.8. The van der Waals surface area contributed by atoms with Gasteiger partial charge in [-0.05, 0) is 37.1 Å². The predicted octanol–water partition coefficient (Wildman–Crippen LogP) is 2.81. The Hall–Kier alpha value is -1.22. The maximum absolute atomic E-state index is 5.39. The number of nitrogens with one attached hydrogen (secondary N) is 1. The van der Waals surface area contributed by atoms with Gasteiger partial charge in [-0.2, -0.15) is 0 Å². The number of hydrogen-bond acceptors (Lipinski definition) is 3. The van der Waals surface area contributed by atoms with E-state index in [9.17, 15) is 0 Å². The second-order valence-corrected chi connectivity index (χ2v) is 4.21. The minimum Gasteiger partial charge on any atom is -0.497 e. The standard InChI is InChI=1S/C14H23NO2/c1-5-8-15-10-11(2)13-9-12(16-3)6-7-14(13)17-4/h6-7,9,11,15H,5,8,10H2,1-4H3. The summed E-state index contributed by atoms with van der Waals surface area (Å²) in [6.07, 6.45) is 1.15. The van der Waals surface area contributed by atoms with Gasteiger partial charge in [0.25, 0.3) is 0 Å². The molecule has 1 rings (SSSR count). The molecule has 3 heteroatoms. The van der Waals surface area contributed by atoms with Gasteiger partial charge >= 0.3 is 0 Å². The van der Waals surface area contributed by atoms with Gasteiger partial charge in [-0.1, -0.05) is 13.8 Å². The highest BCUT2D eigenvalue weighted by molar-refractivity contribution is 5.42. The molecule has 1 aromatic rings. The highest BCUT2D eigenvalue weighted by Gasteiger charge is 2.12. The Morgan fingerprint density at radius 3 is 2.59 bits per heavy atom. The number of methoxy groups -OCH3 is 2. The highest BCUT2D eigenvalue weighted by Crippen LogP contribution is 2.29. The molecule has 0 aliphatic rings. The number of rotatable bonds is 7. The van der Waals surface area contributed by atoms with Crippen LogP contribution in [-0.4, -0.2) is 27.3 Å². The van der Waals surface area contributed by atoms with Crippen molar-refractivity contribution in [2.24, 2.45) is 0 Å². The molecule has 17 heavy (non-hydrogen) atoms. The zero-order valence-corrected chi connectivity index (χ0v) is 11.2. The van der Waals surface area contributed by atoms with Gasteiger partial charge in [-0.15, -0.1) is 0 Å². The third-order valence-corrected chi connectivity index (χ3v) is 2.85. The van der Waals surface area contributed by atoms with E-state index in [2.05, 4.69) is 25.2 Å². The molecular formula is C14H23NO2. The van der Waals surface area contributed by atoms with Crippen LogP contribution in [0.1, 0.15) is 31.7 Å². The van der Waals surface area contributed by atoms with Crippen LogP contribution in [0.2, 0.25) is 0 Å². The van der Waals surface area contributed by atoms with Gasteiger partial charge in [0, 0.05) is 12.1 Å². The number of hydrogen-bond donors (Lipinski definition) is 1. The Balaban J connectivity index is 2.78. The molecule has 1 N–H and O–H groups in total. The summed E-state index contributed by atoms with van der Waals surface area (Å²) in [5.74, 6) is 2.21. The van der Waals surface area contributed by atoms with E-state index in [0.717, 1.165) is 31.0 Å². The summed E-state index contributed by atoms with van der Waals surface area (Å²) < 4.78 is 10.6. The van der Waals surface area contributed by atoms with Crippen LogP contribution in [0.4, 0.5) is 0 Å². The van der Waals surface area contributed by atoms with Crippen LogP contribution in [0, 0.1) is 0 Å². The molecule has 96 valence electrons. The molecule has 0 fully saturated rings. The van der Waals surface area contributed by atoms with E-state index in [0.29, 0.717) is 5.92 Å². The minimum atomic E-state index is 0.409. The molecule has 1 atom stereocenters. The van der Waals surface area contributed by atoms with Crippen LogP contribution in [-0.2, 0) is 0 Å². The van der Waals surface area contributed by atoms with Crippen LogP contribution >= 0.6 is 0 Å². The van der Waals surface area contributed by atoms with E-state index >= 15 is 0 Å². The average Bonchev–Trinajstić information content (AvgIpc) is 2.38. The van der Waals surface area contributed by atoms with Gasteiger partial charge in [0.05, 0.1) is 14.2 Å². The van der Waals surface area contributed by atoms with Crippen molar-refractivity contribution in [1.82, 2.24) is 5.32 Å². The third kappa shape index (κ3) is 3.93. The van der Waals surface area contributed by atoms with Crippen LogP contribution < -0.4 is 14.8 Å². The molecule has 0 bridgehead atoms. The van der Waals surface area contributed by atoms with Crippen molar-refractivity contribution in [2.45, 2.75) is 26.2 Å². The first-order valence-corrected chi connectivity index (χ1v) is 6.15. The predicted molar refractivity (Wildman–Crippen MR) is 71.1 cm³/mol. The summed E-state index contributed by atoms with van der Waals surface area (Å²) >= 11 is 0. The summed E-state index contributed by atoms with van der Waals surface area (Å²) in [6.45, 7) is 6.37. The second-order valence-electron chi connectivity index (χ2n) is 4.21. The van der Waals surface area contributed by atoms with Crippen LogP contribution in [0.3, 0.4) is 0 Å². The van der Waals surface area contributed by atoms with Gasteiger partial charge in [0.15, 0.2) is 0 Å². The third-order valence-electron chi connectivity index (χ3n) is 2.85. The van der Waals surface area contributed by atoms with Crippen molar-refractivity contribution >= 4 is 0 Å². The fourth-order valence-electron chi connectivity index (χ4n) is 1.83. The van der Waals surface area contributed by atoms with E-state index < -0.39 is 0 Å². The monoisotopic (exact) mass is 237 g/mol. The van der Waals surface area contributed by atoms with E-state index in [4.69, 9.17) is 9.47 Å². The molecule has 0 radical (unpaired) electrons. The van der Waals surface area contributed by atoms with Crippen molar-refractivity contribution in [3.63, 3.8) is 0 Å². The van der Waals surface area contributed by atoms with E-state index in [-0.39, 0.29) is 0 Å². The Morgan fingerprint density at radius 1 is 1.24 bits per heavy atom. The molecule has 0 aromatic heterocycles. The van der Waals surface area contributed by atoms with Gasteiger partial charge in [-0.3, -0.25) is 0 Å². The lowest BCUT2D eigenvalue weighted by Gasteiger charge is -2.17. The Morgan fingerprint density at radius 2 is 2.00 bits per heavy atom. The quantitative estimate of drug-likeness (QED) is 0.740. The van der Waals surface area contributed by atoms with Crippen molar-refractivity contribution in [1.29, 1.82) is 0 Å². The van der Waals surface area contributed by atoms with E-state index in [1.807, 2.05) is 12.1 Å². The average molecular weight is 237 g/mol. The SMILES string of the molecule is CCCNCC(C)c1cc(OC)ccc1OC. The number of benzene rings is 1. The maximum atomic E-state index is 5.39. The Labute approximate surface area is 104 Å². The molecule has 0 amide bonds. The van der Waals surface area contributed by atoms with E-state index in [1.54, 1.807) is 14.2 Å². The van der Waals surface area contributed by atoms with Crippen molar-refractivity contribution < 1.29 is 9.47 Å². The lowest BCUT2D eigenvalue weighted by molar-refractivity contribution is 0.395. The molecule has 0 aliphatic heterocycles. The van der Waals surface area contributed by atoms with Crippen LogP contribution in [0.25, 0.3) is 0 Å². The highest BCUT2D eigenvalue weighted by atomic mass is 16.5. The first-order chi connectivity index (χ1) is 8.22. The molecule has 3 nitrogen and oxygen atoms in total. The fraction of sp³-hybridized carbons (Fsp3) is 0.571. The van der Waals surface area contributed by atoms with Gasteiger partial charge < -0.3 is 14.8 Å². The molecule has 1 unspecified atom stereocenters. The largest absolute Gasteiger partial charge is 0.497 e. The zero-order chi connectivity index (χ0) is 12.7. The second kappa shape index (κ2) is 7.17. The van der Waals surface area contributed by atoms with Gasteiger partial charge in [0.2, 0.25) is 0 Å². The summed E-state index contributed by atoms with van der Waals surface area (Å²) in [6, 6.07) is 5.94. The van der Waals surface area contributed by atoms with Crippen molar-refractivity contribution in [3.8, 4) is 11.5 Å². The minimum absolute atomic E-state index is 0.409. The summed E-state index contributed by atoms with van der Waals surface area (Å²) in [4.78, 5) is 0. The first-order valence-electron chi connectivity index (χ1n) is 6.15. The Bertz CT molecular complexity index is 339. The Kier molecular flexibility index (Phi) is 5.84. The smallest absolute Gasteiger partial charge is 0.122 e.